The molecular formula is C26H21ClN2O6. The number of hydrogen-bond acceptors (Lipinski definition) is 6. The lowest BCUT2D eigenvalue weighted by Gasteiger charge is -2.12. The monoisotopic (exact) mass is 492 g/mol. The zero-order chi connectivity index (χ0) is 25.1. The molecule has 1 amide bonds. The van der Waals surface area contributed by atoms with Crippen LogP contribution in [0.4, 0.5) is 5.69 Å². The van der Waals surface area contributed by atoms with Crippen LogP contribution < -0.4 is 5.01 Å². The van der Waals surface area contributed by atoms with Gasteiger partial charge in [-0.25, -0.2) is 9.59 Å². The van der Waals surface area contributed by atoms with E-state index >= 15 is 0 Å². The number of rotatable bonds is 7. The number of carboxylic acid groups (broad SMARTS) is 1. The summed E-state index contributed by atoms with van der Waals surface area (Å²) in [7, 11) is 0. The summed E-state index contributed by atoms with van der Waals surface area (Å²) in [5.41, 5.74) is 2.14. The molecule has 2 heterocycles. The molecule has 0 radical (unpaired) electrons. The Balaban J connectivity index is 1.54. The summed E-state index contributed by atoms with van der Waals surface area (Å²) in [5, 5.41) is 14.8. The average Bonchev–Trinajstić information content (AvgIpc) is 3.43. The fourth-order valence-corrected chi connectivity index (χ4v) is 3.64. The van der Waals surface area contributed by atoms with E-state index < -0.39 is 11.9 Å². The van der Waals surface area contributed by atoms with E-state index in [1.54, 1.807) is 49.4 Å². The second kappa shape index (κ2) is 9.99. The number of aromatic carboxylic acids is 1. The van der Waals surface area contributed by atoms with Crippen LogP contribution in [0, 0.1) is 0 Å². The minimum absolute atomic E-state index is 0.0679. The average molecular weight is 493 g/mol. The highest BCUT2D eigenvalue weighted by atomic mass is 35.5. The Morgan fingerprint density at radius 1 is 1.14 bits per heavy atom. The summed E-state index contributed by atoms with van der Waals surface area (Å²) < 4.78 is 11.0. The van der Waals surface area contributed by atoms with E-state index in [2.05, 4.69) is 5.10 Å². The number of carbonyl (C=O) groups excluding carboxylic acids is 2. The van der Waals surface area contributed by atoms with Gasteiger partial charge in [0, 0.05) is 5.56 Å². The first kappa shape index (κ1) is 24.0. The van der Waals surface area contributed by atoms with Gasteiger partial charge in [0.1, 0.15) is 11.5 Å². The number of halogens is 1. The van der Waals surface area contributed by atoms with Gasteiger partial charge in [-0.05, 0) is 61.9 Å². The van der Waals surface area contributed by atoms with Crippen molar-refractivity contribution in [2.24, 2.45) is 5.10 Å². The number of carboxylic acids is 1. The number of ether oxygens (including phenoxy) is 1. The minimum Gasteiger partial charge on any atom is -0.478 e. The normalized spacial score (nSPS) is 14.4. The summed E-state index contributed by atoms with van der Waals surface area (Å²) in [5.74, 6) is -0.999. The van der Waals surface area contributed by atoms with Crippen LogP contribution in [0.2, 0.25) is 5.02 Å². The summed E-state index contributed by atoms with van der Waals surface area (Å²) in [6, 6.07) is 14.6. The van der Waals surface area contributed by atoms with Crippen LogP contribution in [0.5, 0.6) is 0 Å². The van der Waals surface area contributed by atoms with E-state index in [1.165, 1.54) is 18.2 Å². The molecule has 178 valence electrons. The Hall–Kier alpha value is -4.17. The van der Waals surface area contributed by atoms with Crippen LogP contribution in [0.3, 0.4) is 0 Å². The molecule has 1 aromatic heterocycles. The van der Waals surface area contributed by atoms with Crippen LogP contribution in [-0.2, 0) is 9.53 Å². The van der Waals surface area contributed by atoms with Gasteiger partial charge < -0.3 is 14.3 Å². The Kier molecular flexibility index (Phi) is 6.84. The number of anilines is 1. The molecule has 1 N–H and O–H groups in total. The molecule has 3 aromatic rings. The molecule has 4 rings (SSSR count). The van der Waals surface area contributed by atoms with Crippen LogP contribution in [0.1, 0.15) is 46.7 Å². The predicted molar refractivity (Wildman–Crippen MR) is 132 cm³/mol. The van der Waals surface area contributed by atoms with Crippen molar-refractivity contribution in [1.82, 2.24) is 0 Å². The smallest absolute Gasteiger partial charge is 0.338 e. The maximum atomic E-state index is 13.0. The maximum Gasteiger partial charge on any atom is 0.338 e. The molecule has 1 aliphatic rings. The summed E-state index contributed by atoms with van der Waals surface area (Å²) in [4.78, 5) is 36.4. The zero-order valence-corrected chi connectivity index (χ0v) is 19.7. The molecule has 2 aromatic carbocycles. The number of carbonyl (C=O) groups is 3. The molecular weight excluding hydrogens is 472 g/mol. The van der Waals surface area contributed by atoms with Crippen molar-refractivity contribution in [3.8, 4) is 11.3 Å². The molecule has 0 saturated carbocycles. The molecule has 0 atom stereocenters. The van der Waals surface area contributed by atoms with E-state index in [0.29, 0.717) is 35.0 Å². The molecule has 0 unspecified atom stereocenters. The van der Waals surface area contributed by atoms with Gasteiger partial charge >= 0.3 is 11.9 Å². The van der Waals surface area contributed by atoms with Crippen molar-refractivity contribution in [3.63, 3.8) is 0 Å². The van der Waals surface area contributed by atoms with Gasteiger partial charge in [-0.2, -0.15) is 10.1 Å². The lowest BCUT2D eigenvalue weighted by molar-refractivity contribution is -0.114. The molecule has 1 aliphatic heterocycles. The van der Waals surface area contributed by atoms with Gasteiger partial charge in [0.2, 0.25) is 0 Å². The van der Waals surface area contributed by atoms with Gasteiger partial charge in [0.05, 0.1) is 39.7 Å². The first-order valence-corrected chi connectivity index (χ1v) is 11.2. The Morgan fingerprint density at radius 2 is 1.89 bits per heavy atom. The molecule has 0 fully saturated rings. The fraction of sp³-hybridized carbons (Fsp3) is 0.154. The predicted octanol–water partition coefficient (Wildman–Crippen LogP) is 5.67. The summed E-state index contributed by atoms with van der Waals surface area (Å²) in [6.45, 7) is 3.98. The highest BCUT2D eigenvalue weighted by Gasteiger charge is 2.30. The first-order valence-electron chi connectivity index (χ1n) is 10.8. The van der Waals surface area contributed by atoms with Crippen LogP contribution in [0.25, 0.3) is 17.4 Å². The molecule has 8 nitrogen and oxygen atoms in total. The number of hydrogen-bond donors (Lipinski definition) is 1. The van der Waals surface area contributed by atoms with Crippen molar-refractivity contribution in [2.45, 2.75) is 20.3 Å². The van der Waals surface area contributed by atoms with E-state index in [0.717, 1.165) is 17.0 Å². The third-order valence-corrected chi connectivity index (χ3v) is 5.57. The molecule has 0 spiro atoms. The molecule has 0 bridgehead atoms. The summed E-state index contributed by atoms with van der Waals surface area (Å²) >= 11 is 5.93. The number of nitrogens with zero attached hydrogens (tertiary/aromatic N) is 2. The van der Waals surface area contributed by atoms with Crippen molar-refractivity contribution < 1.29 is 28.6 Å². The van der Waals surface area contributed by atoms with Gasteiger partial charge in [-0.3, -0.25) is 4.79 Å². The largest absolute Gasteiger partial charge is 0.478 e. The Bertz CT molecular complexity index is 1370. The topological polar surface area (TPSA) is 109 Å². The Morgan fingerprint density at radius 3 is 2.57 bits per heavy atom. The van der Waals surface area contributed by atoms with Crippen LogP contribution >= 0.6 is 11.6 Å². The second-order valence-corrected chi connectivity index (χ2v) is 8.15. The van der Waals surface area contributed by atoms with E-state index in [9.17, 15) is 19.5 Å². The highest BCUT2D eigenvalue weighted by Crippen LogP contribution is 2.30. The standard InChI is InChI=1S/C26H21ClN2O6/c1-3-12-34-26(33)17-6-4-16(5-7-17)23-11-9-19(35-23)14-20-15(2)28-29(24(20)30)18-8-10-22(27)21(13-18)25(31)32/h4-11,13-14H,3,12H2,1-2H3,(H,31,32)/b20-14-. The van der Waals surface area contributed by atoms with Gasteiger partial charge in [0.25, 0.3) is 5.91 Å². The van der Waals surface area contributed by atoms with Crippen molar-refractivity contribution in [3.05, 3.63) is 82.1 Å². The minimum atomic E-state index is -1.20. The second-order valence-electron chi connectivity index (χ2n) is 7.74. The quantitative estimate of drug-likeness (QED) is 0.336. The lowest BCUT2D eigenvalue weighted by Crippen LogP contribution is -2.21. The SMILES string of the molecule is CCCOC(=O)c1ccc(-c2ccc(/C=C3\C(=O)N(c4ccc(Cl)c(C(=O)O)c4)N=C3C)o2)cc1. The summed E-state index contributed by atoms with van der Waals surface area (Å²) in [6.07, 6.45) is 2.33. The number of benzene rings is 2. The third-order valence-electron chi connectivity index (χ3n) is 5.24. The number of esters is 1. The van der Waals surface area contributed by atoms with Gasteiger partial charge in [0.15, 0.2) is 0 Å². The molecule has 35 heavy (non-hydrogen) atoms. The van der Waals surface area contributed by atoms with Crippen molar-refractivity contribution >= 4 is 46.9 Å². The van der Waals surface area contributed by atoms with Gasteiger partial charge in [-0.1, -0.05) is 30.7 Å². The molecule has 9 heteroatoms. The van der Waals surface area contributed by atoms with Crippen molar-refractivity contribution in [1.29, 1.82) is 0 Å². The van der Waals surface area contributed by atoms with Crippen molar-refractivity contribution in [2.75, 3.05) is 11.6 Å². The van der Waals surface area contributed by atoms with Crippen LogP contribution in [0.15, 0.2) is 69.7 Å². The third kappa shape index (κ3) is 5.02. The van der Waals surface area contributed by atoms with E-state index in [1.807, 2.05) is 6.92 Å². The fourth-order valence-electron chi connectivity index (χ4n) is 3.44. The molecule has 0 saturated heterocycles. The van der Waals surface area contributed by atoms with E-state index in [-0.39, 0.29) is 22.2 Å². The van der Waals surface area contributed by atoms with Crippen LogP contribution in [-0.4, -0.2) is 35.3 Å². The number of hydrazone groups is 1. The Labute approximate surface area is 206 Å². The lowest BCUT2D eigenvalue weighted by atomic mass is 10.1. The van der Waals surface area contributed by atoms with Gasteiger partial charge in [-0.15, -0.1) is 0 Å². The number of furan rings is 1. The highest BCUT2D eigenvalue weighted by molar-refractivity contribution is 6.34. The maximum absolute atomic E-state index is 13.0. The number of amides is 1. The van der Waals surface area contributed by atoms with E-state index in [4.69, 9.17) is 20.8 Å². The zero-order valence-electron chi connectivity index (χ0n) is 18.9. The first-order chi connectivity index (χ1) is 16.8. The molecule has 0 aliphatic carbocycles.